The molecule has 3 rings (SSSR count). The predicted octanol–water partition coefficient (Wildman–Crippen LogP) is 3.37. The summed E-state index contributed by atoms with van der Waals surface area (Å²) in [6.07, 6.45) is 5.19. The molecule has 2 fully saturated rings. The average molecular weight is 384 g/mol. The van der Waals surface area contributed by atoms with Crippen LogP contribution in [0.2, 0.25) is 0 Å². The van der Waals surface area contributed by atoms with Crippen molar-refractivity contribution in [3.8, 4) is 0 Å². The molecule has 7 heteroatoms. The minimum absolute atomic E-state index is 0.133. The molecular weight excluding hydrogens is 350 g/mol. The van der Waals surface area contributed by atoms with E-state index >= 15 is 0 Å². The number of nitrogens with two attached hydrogens (primary N) is 1. The maximum atomic E-state index is 11.1. The fourth-order valence-corrected chi connectivity index (χ4v) is 4.17. The second kappa shape index (κ2) is 9.67. The molecule has 6 nitrogen and oxygen atoms in total. The van der Waals surface area contributed by atoms with Crippen LogP contribution in [-0.4, -0.2) is 53.3 Å². The van der Waals surface area contributed by atoms with E-state index < -0.39 is 5.97 Å². The van der Waals surface area contributed by atoms with Crippen molar-refractivity contribution >= 4 is 22.4 Å². The van der Waals surface area contributed by atoms with E-state index in [2.05, 4.69) is 30.7 Å². The zero-order chi connectivity index (χ0) is 19.2. The monoisotopic (exact) mass is 383 g/mol. The molecule has 3 N–H and O–H groups in total. The highest BCUT2D eigenvalue weighted by Gasteiger charge is 2.30. The van der Waals surface area contributed by atoms with Crippen LogP contribution in [0.1, 0.15) is 58.6 Å². The number of nitrogen functional groups attached to an aromatic ring is 1. The first kappa shape index (κ1) is 21.1. The molecule has 0 spiro atoms. The van der Waals surface area contributed by atoms with E-state index in [-0.39, 0.29) is 11.5 Å². The maximum absolute atomic E-state index is 11.1. The SMILES string of the molecule is CC(C)(C)c1csc(N)n1.O=C(O)[C@@H]1CCCCN1CC1CCOCC1. The molecule has 0 bridgehead atoms. The normalized spacial score (nSPS) is 22.5. The van der Waals surface area contributed by atoms with Gasteiger partial charge in [-0.15, -0.1) is 11.3 Å². The van der Waals surface area contributed by atoms with Gasteiger partial charge >= 0.3 is 5.97 Å². The zero-order valence-corrected chi connectivity index (χ0v) is 17.1. The quantitative estimate of drug-likeness (QED) is 0.832. The largest absolute Gasteiger partial charge is 0.480 e. The van der Waals surface area contributed by atoms with Crippen LogP contribution in [0.3, 0.4) is 0 Å². The van der Waals surface area contributed by atoms with Gasteiger partial charge in [0.05, 0.1) is 5.69 Å². The second-order valence-electron chi connectivity index (χ2n) is 8.22. The summed E-state index contributed by atoms with van der Waals surface area (Å²) in [5.74, 6) is -0.0135. The number of thiazole rings is 1. The Bertz CT molecular complexity index is 565. The van der Waals surface area contributed by atoms with Crippen LogP contribution in [0, 0.1) is 5.92 Å². The van der Waals surface area contributed by atoms with Crippen LogP contribution in [0.4, 0.5) is 5.13 Å². The number of rotatable bonds is 3. The molecule has 1 aromatic rings. The maximum Gasteiger partial charge on any atom is 0.320 e. The smallest absolute Gasteiger partial charge is 0.320 e. The molecule has 26 heavy (non-hydrogen) atoms. The average Bonchev–Trinajstić information content (AvgIpc) is 3.04. The van der Waals surface area contributed by atoms with Gasteiger partial charge in [-0.1, -0.05) is 27.2 Å². The number of nitrogens with zero attached hydrogens (tertiary/aromatic N) is 2. The standard InChI is InChI=1S/C12H21NO3.C7H12N2S/c14-12(15)11-3-1-2-6-13(11)9-10-4-7-16-8-5-10;1-7(2,3)5-4-10-6(8)9-5/h10-11H,1-9H2,(H,14,15);4H,1-3H3,(H2,8,9)/t11-;/m0./s1. The molecule has 0 radical (unpaired) electrons. The van der Waals surface area contributed by atoms with Crippen LogP contribution in [0.15, 0.2) is 5.38 Å². The molecule has 0 unspecified atom stereocenters. The molecular formula is C19H33N3O3S. The molecule has 2 aliphatic rings. The highest BCUT2D eigenvalue weighted by Crippen LogP contribution is 2.24. The number of carbonyl (C=O) groups is 1. The van der Waals surface area contributed by atoms with Gasteiger partial charge in [-0.2, -0.15) is 0 Å². The van der Waals surface area contributed by atoms with Crippen molar-refractivity contribution in [1.82, 2.24) is 9.88 Å². The number of hydrogen-bond donors (Lipinski definition) is 2. The van der Waals surface area contributed by atoms with Gasteiger partial charge < -0.3 is 15.6 Å². The Morgan fingerprint density at radius 3 is 2.54 bits per heavy atom. The Morgan fingerprint density at radius 2 is 2.04 bits per heavy atom. The number of aliphatic carboxylic acids is 1. The predicted molar refractivity (Wildman–Crippen MR) is 106 cm³/mol. The number of likely N-dealkylation sites (tertiary alicyclic amines) is 1. The van der Waals surface area contributed by atoms with Gasteiger partial charge in [0.2, 0.25) is 0 Å². The van der Waals surface area contributed by atoms with Crippen molar-refractivity contribution in [1.29, 1.82) is 0 Å². The summed E-state index contributed by atoms with van der Waals surface area (Å²) in [6.45, 7) is 9.96. The highest BCUT2D eigenvalue weighted by molar-refractivity contribution is 7.13. The third-order valence-corrected chi connectivity index (χ3v) is 5.70. The van der Waals surface area contributed by atoms with Gasteiger partial charge in [-0.25, -0.2) is 4.98 Å². The Hall–Kier alpha value is -1.18. The lowest BCUT2D eigenvalue weighted by Crippen LogP contribution is -2.47. The van der Waals surface area contributed by atoms with Gasteiger partial charge in [-0.05, 0) is 38.1 Å². The van der Waals surface area contributed by atoms with E-state index in [0.717, 1.165) is 64.1 Å². The lowest BCUT2D eigenvalue weighted by atomic mass is 9.93. The Balaban J connectivity index is 0.000000209. The summed E-state index contributed by atoms with van der Waals surface area (Å²) in [5, 5.41) is 11.8. The Labute approximate surface area is 160 Å². The van der Waals surface area contributed by atoms with E-state index in [9.17, 15) is 9.90 Å². The molecule has 2 aliphatic heterocycles. The topological polar surface area (TPSA) is 88.7 Å². The van der Waals surface area contributed by atoms with Crippen molar-refractivity contribution in [2.45, 2.75) is 64.3 Å². The summed E-state index contributed by atoms with van der Waals surface area (Å²) in [5.41, 5.74) is 6.69. The number of carboxylic acid groups (broad SMARTS) is 1. The van der Waals surface area contributed by atoms with Crippen LogP contribution >= 0.6 is 11.3 Å². The molecule has 0 amide bonds. The van der Waals surface area contributed by atoms with Crippen molar-refractivity contribution in [3.63, 3.8) is 0 Å². The third-order valence-electron chi connectivity index (χ3n) is 5.02. The molecule has 2 saturated heterocycles. The molecule has 0 aromatic carbocycles. The van der Waals surface area contributed by atoms with Gasteiger partial charge in [0.1, 0.15) is 6.04 Å². The van der Waals surface area contributed by atoms with Crippen LogP contribution in [0.25, 0.3) is 0 Å². The van der Waals surface area contributed by atoms with Gasteiger partial charge in [-0.3, -0.25) is 9.69 Å². The zero-order valence-electron chi connectivity index (χ0n) is 16.2. The van der Waals surface area contributed by atoms with Crippen molar-refractivity contribution in [3.05, 3.63) is 11.1 Å². The van der Waals surface area contributed by atoms with Gasteiger partial charge in [0.15, 0.2) is 5.13 Å². The molecule has 1 atom stereocenters. The summed E-state index contributed by atoms with van der Waals surface area (Å²) in [6, 6.07) is -0.239. The summed E-state index contributed by atoms with van der Waals surface area (Å²) >= 11 is 1.50. The Morgan fingerprint density at radius 1 is 1.35 bits per heavy atom. The van der Waals surface area contributed by atoms with E-state index in [1.807, 2.05) is 5.38 Å². The number of aromatic nitrogens is 1. The first-order chi connectivity index (χ1) is 12.3. The molecule has 0 aliphatic carbocycles. The number of piperidine rings is 1. The fourth-order valence-electron chi connectivity index (χ4n) is 3.38. The van der Waals surface area contributed by atoms with Crippen molar-refractivity contribution < 1.29 is 14.6 Å². The van der Waals surface area contributed by atoms with Gasteiger partial charge in [0.25, 0.3) is 0 Å². The first-order valence-corrected chi connectivity index (χ1v) is 10.4. The lowest BCUT2D eigenvalue weighted by Gasteiger charge is -2.36. The molecule has 0 saturated carbocycles. The minimum atomic E-state index is -0.647. The van der Waals surface area contributed by atoms with Crippen LogP contribution < -0.4 is 5.73 Å². The minimum Gasteiger partial charge on any atom is -0.480 e. The lowest BCUT2D eigenvalue weighted by molar-refractivity contribution is -0.145. The van der Waals surface area contributed by atoms with Crippen molar-refractivity contribution in [2.24, 2.45) is 5.92 Å². The number of anilines is 1. The summed E-state index contributed by atoms with van der Waals surface area (Å²) < 4.78 is 5.33. The Kier molecular flexibility index (Phi) is 7.85. The van der Waals surface area contributed by atoms with Crippen LogP contribution in [0.5, 0.6) is 0 Å². The number of ether oxygens (including phenoxy) is 1. The van der Waals surface area contributed by atoms with Crippen LogP contribution in [-0.2, 0) is 14.9 Å². The van der Waals surface area contributed by atoms with Gasteiger partial charge in [0, 0.05) is 30.6 Å². The van der Waals surface area contributed by atoms with E-state index in [1.165, 1.54) is 11.3 Å². The summed E-state index contributed by atoms with van der Waals surface area (Å²) in [7, 11) is 0. The summed E-state index contributed by atoms with van der Waals surface area (Å²) in [4.78, 5) is 17.5. The second-order valence-corrected chi connectivity index (χ2v) is 9.11. The molecule has 3 heterocycles. The van der Waals surface area contributed by atoms with E-state index in [0.29, 0.717) is 11.0 Å². The third kappa shape index (κ3) is 6.52. The van der Waals surface area contributed by atoms with E-state index in [1.54, 1.807) is 0 Å². The number of carboxylic acids is 1. The molecule has 148 valence electrons. The fraction of sp³-hybridized carbons (Fsp3) is 0.789. The van der Waals surface area contributed by atoms with E-state index in [4.69, 9.17) is 10.5 Å². The van der Waals surface area contributed by atoms with Crippen molar-refractivity contribution in [2.75, 3.05) is 32.0 Å². The number of hydrogen-bond acceptors (Lipinski definition) is 6. The first-order valence-electron chi connectivity index (χ1n) is 9.53. The highest BCUT2D eigenvalue weighted by atomic mass is 32.1. The molecule has 1 aromatic heterocycles.